The van der Waals surface area contributed by atoms with E-state index in [1.165, 1.54) is 50.6 Å². The average Bonchev–Trinajstić information content (AvgIpc) is 2.91. The van der Waals surface area contributed by atoms with E-state index in [0.29, 0.717) is 30.3 Å². The Morgan fingerprint density at radius 3 is 2.72 bits per heavy atom. The van der Waals surface area contributed by atoms with Gasteiger partial charge in [0.25, 0.3) is 21.6 Å². The molecule has 0 radical (unpaired) electrons. The van der Waals surface area contributed by atoms with Gasteiger partial charge in [-0.1, -0.05) is 23.7 Å². The van der Waals surface area contributed by atoms with E-state index in [2.05, 4.69) is 10.5 Å². The molecule has 3 aromatic carbocycles. The van der Waals surface area contributed by atoms with E-state index in [1.807, 2.05) is 0 Å². The van der Waals surface area contributed by atoms with Crippen LogP contribution in [0.25, 0.3) is 0 Å². The number of nitrogens with zero attached hydrogens (tertiary/aromatic N) is 3. The second-order valence-electron chi connectivity index (χ2n) is 8.20. The lowest BCUT2D eigenvalue weighted by atomic mass is 10.2. The van der Waals surface area contributed by atoms with Crippen LogP contribution in [-0.4, -0.2) is 52.3 Å². The number of sulfonamides is 1. The van der Waals surface area contributed by atoms with Gasteiger partial charge in [-0.3, -0.25) is 19.2 Å². The highest BCUT2D eigenvalue weighted by molar-refractivity contribution is 7.92. The molecule has 1 heterocycles. The van der Waals surface area contributed by atoms with Crippen LogP contribution >= 0.6 is 11.6 Å². The molecule has 1 amide bonds. The van der Waals surface area contributed by atoms with Gasteiger partial charge in [0.05, 0.1) is 28.8 Å². The Balaban J connectivity index is 1.66. The zero-order valence-corrected chi connectivity index (χ0v) is 22.4. The molecule has 1 N–H and O–H groups in total. The molecule has 3 aromatic rings. The van der Waals surface area contributed by atoms with Gasteiger partial charge in [-0.2, -0.15) is 5.10 Å². The van der Waals surface area contributed by atoms with E-state index < -0.39 is 32.3 Å². The zero-order chi connectivity index (χ0) is 28.2. The first-order valence-electron chi connectivity index (χ1n) is 11.4. The van der Waals surface area contributed by atoms with Gasteiger partial charge in [-0.25, -0.2) is 13.8 Å². The number of carbonyl (C=O) groups is 1. The summed E-state index contributed by atoms with van der Waals surface area (Å²) in [7, 11) is -3.20. The highest BCUT2D eigenvalue weighted by Gasteiger charge is 2.31. The fraction of sp³-hybridized carbons (Fsp3) is 0.200. The molecular weight excluding hydrogens is 552 g/mol. The van der Waals surface area contributed by atoms with Crippen molar-refractivity contribution in [3.05, 3.63) is 80.9 Å². The maximum Gasteiger partial charge on any atom is 0.273 e. The topological polar surface area (TPSA) is 150 Å². The number of hydrogen-bond acceptors (Lipinski definition) is 9. The molecule has 0 bridgehead atoms. The molecule has 0 aromatic heterocycles. The highest BCUT2D eigenvalue weighted by atomic mass is 35.5. The minimum atomic E-state index is -4.52. The first-order valence-corrected chi connectivity index (χ1v) is 13.3. The second-order valence-corrected chi connectivity index (χ2v) is 10.5. The number of hydrogen-bond donors (Lipinski definition) is 1. The van der Waals surface area contributed by atoms with Crippen molar-refractivity contribution in [2.75, 3.05) is 31.2 Å². The van der Waals surface area contributed by atoms with Crippen LogP contribution in [0.15, 0.2) is 64.6 Å². The van der Waals surface area contributed by atoms with E-state index in [0.717, 1.165) is 10.4 Å². The summed E-state index contributed by atoms with van der Waals surface area (Å²) < 4.78 is 44.7. The predicted octanol–water partition coefficient (Wildman–Crippen LogP) is 3.68. The van der Waals surface area contributed by atoms with Crippen LogP contribution in [0.1, 0.15) is 11.1 Å². The van der Waals surface area contributed by atoms with Gasteiger partial charge in [0.2, 0.25) is 0 Å². The van der Waals surface area contributed by atoms with Crippen molar-refractivity contribution in [1.82, 2.24) is 5.43 Å². The summed E-state index contributed by atoms with van der Waals surface area (Å²) in [6.45, 7) is 1.50. The van der Waals surface area contributed by atoms with Gasteiger partial charge in [0, 0.05) is 22.2 Å². The van der Waals surface area contributed by atoms with Crippen molar-refractivity contribution in [3.63, 3.8) is 0 Å². The third kappa shape index (κ3) is 6.04. The Labute approximate surface area is 228 Å². The summed E-state index contributed by atoms with van der Waals surface area (Å²) >= 11 is 6.14. The maximum atomic E-state index is 13.7. The van der Waals surface area contributed by atoms with Crippen molar-refractivity contribution in [3.8, 4) is 17.2 Å². The third-order valence-corrected chi connectivity index (χ3v) is 7.64. The van der Waals surface area contributed by atoms with Crippen LogP contribution in [0.2, 0.25) is 5.02 Å². The average molecular weight is 575 g/mol. The van der Waals surface area contributed by atoms with Crippen molar-refractivity contribution in [2.45, 2.75) is 11.8 Å². The number of methoxy groups -OCH3 is 1. The number of carbonyl (C=O) groups excluding carboxylic acids is 1. The first-order chi connectivity index (χ1) is 18.6. The van der Waals surface area contributed by atoms with Crippen molar-refractivity contribution in [2.24, 2.45) is 5.10 Å². The smallest absolute Gasteiger partial charge is 0.273 e. The van der Waals surface area contributed by atoms with Gasteiger partial charge in [-0.15, -0.1) is 0 Å². The summed E-state index contributed by atoms with van der Waals surface area (Å²) in [6.07, 6.45) is 1.34. The quantitative estimate of drug-likeness (QED) is 0.231. The Hall–Kier alpha value is -4.36. The Morgan fingerprint density at radius 1 is 1.21 bits per heavy atom. The fourth-order valence-corrected chi connectivity index (χ4v) is 5.38. The summed E-state index contributed by atoms with van der Waals surface area (Å²) in [5.74, 6) is 0.305. The molecule has 0 atom stereocenters. The van der Waals surface area contributed by atoms with Gasteiger partial charge in [0.1, 0.15) is 25.5 Å². The molecule has 0 aliphatic carbocycles. The van der Waals surface area contributed by atoms with E-state index in [-0.39, 0.29) is 27.7 Å². The van der Waals surface area contributed by atoms with Gasteiger partial charge in [0.15, 0.2) is 11.5 Å². The van der Waals surface area contributed by atoms with Gasteiger partial charge >= 0.3 is 0 Å². The standard InChI is InChI=1S/C25H23ClN4O8S/c1-16-6-8-19(13-20(16)30(32)33)39(34,35)29(21-12-18(26)7-9-22(21)36-2)15-24(31)28-27-14-17-4-3-5-23-25(17)38-11-10-37-23/h3-9,12-14H,10-11,15H2,1-2H3,(H,28,31)/b27-14-. The van der Waals surface area contributed by atoms with E-state index >= 15 is 0 Å². The maximum absolute atomic E-state index is 13.7. The molecule has 39 heavy (non-hydrogen) atoms. The number of halogens is 1. The number of rotatable bonds is 9. The van der Waals surface area contributed by atoms with E-state index in [4.69, 9.17) is 25.8 Å². The molecule has 1 aliphatic heterocycles. The van der Waals surface area contributed by atoms with Crippen molar-refractivity contribution < 1.29 is 32.3 Å². The number of nitrogens with one attached hydrogen (secondary N) is 1. The zero-order valence-electron chi connectivity index (χ0n) is 20.8. The Kier molecular flexibility index (Phi) is 8.21. The number of nitro benzene ring substituents is 1. The molecule has 14 heteroatoms. The molecular formula is C25H23ClN4O8S. The number of anilines is 1. The van der Waals surface area contributed by atoms with Crippen LogP contribution in [-0.2, 0) is 14.8 Å². The number of aryl methyl sites for hydroxylation is 1. The molecule has 12 nitrogen and oxygen atoms in total. The number of ether oxygens (including phenoxy) is 3. The lowest BCUT2D eigenvalue weighted by molar-refractivity contribution is -0.385. The molecule has 0 saturated heterocycles. The molecule has 1 aliphatic rings. The largest absolute Gasteiger partial charge is 0.495 e. The van der Waals surface area contributed by atoms with Crippen LogP contribution in [0.4, 0.5) is 11.4 Å². The van der Waals surface area contributed by atoms with Crippen molar-refractivity contribution in [1.29, 1.82) is 0 Å². The molecule has 0 fully saturated rings. The van der Waals surface area contributed by atoms with Gasteiger partial charge in [-0.05, 0) is 43.3 Å². The van der Waals surface area contributed by atoms with Crippen LogP contribution in [0.3, 0.4) is 0 Å². The van der Waals surface area contributed by atoms with Gasteiger partial charge < -0.3 is 14.2 Å². The monoisotopic (exact) mass is 574 g/mol. The molecule has 4 rings (SSSR count). The van der Waals surface area contributed by atoms with Crippen molar-refractivity contribution >= 4 is 45.1 Å². The first kappa shape index (κ1) is 27.7. The number of fused-ring (bicyclic) bond motifs is 1. The Morgan fingerprint density at radius 2 is 1.97 bits per heavy atom. The molecule has 0 saturated carbocycles. The SMILES string of the molecule is COc1ccc(Cl)cc1N(CC(=O)N/N=C\c1cccc2c1OCCO2)S(=O)(=O)c1ccc(C)c([N+](=O)[O-])c1. The molecule has 0 spiro atoms. The Bertz CT molecular complexity index is 1560. The number of benzene rings is 3. The highest BCUT2D eigenvalue weighted by Crippen LogP contribution is 2.36. The second kappa shape index (κ2) is 11.6. The fourth-order valence-electron chi connectivity index (χ4n) is 3.77. The lowest BCUT2D eigenvalue weighted by Crippen LogP contribution is -2.39. The number of hydrazone groups is 1. The summed E-state index contributed by atoms with van der Waals surface area (Å²) in [5, 5.41) is 15.6. The predicted molar refractivity (Wildman–Crippen MR) is 144 cm³/mol. The minimum Gasteiger partial charge on any atom is -0.495 e. The third-order valence-electron chi connectivity index (χ3n) is 5.65. The molecule has 0 unspecified atom stereocenters. The normalized spacial score (nSPS) is 12.7. The lowest BCUT2D eigenvalue weighted by Gasteiger charge is -2.25. The van der Waals surface area contributed by atoms with E-state index in [1.54, 1.807) is 18.2 Å². The number of nitro groups is 1. The summed E-state index contributed by atoms with van der Waals surface area (Å²) in [5.41, 5.74) is 2.68. The van der Waals surface area contributed by atoms with Crippen LogP contribution in [0.5, 0.6) is 17.2 Å². The van der Waals surface area contributed by atoms with E-state index in [9.17, 15) is 23.3 Å². The van der Waals surface area contributed by atoms with Crippen LogP contribution in [0, 0.1) is 17.0 Å². The number of para-hydroxylation sites is 1. The number of amides is 1. The summed E-state index contributed by atoms with van der Waals surface area (Å²) in [4.78, 5) is 23.3. The summed E-state index contributed by atoms with van der Waals surface area (Å²) in [6, 6.07) is 12.9. The van der Waals surface area contributed by atoms with Crippen LogP contribution < -0.4 is 23.9 Å². The minimum absolute atomic E-state index is 0.0463. The molecule has 204 valence electrons.